The van der Waals surface area contributed by atoms with E-state index in [2.05, 4.69) is 15.6 Å². The first-order chi connectivity index (χ1) is 9.72. The highest BCUT2D eigenvalue weighted by molar-refractivity contribution is 5.97. The van der Waals surface area contributed by atoms with Crippen molar-refractivity contribution in [1.82, 2.24) is 15.6 Å². The lowest BCUT2D eigenvalue weighted by atomic mass is 10.1. The van der Waals surface area contributed by atoms with Crippen LogP contribution in [0.5, 0.6) is 0 Å². The van der Waals surface area contributed by atoms with E-state index in [-0.39, 0.29) is 17.8 Å². The molecule has 1 aromatic carbocycles. The van der Waals surface area contributed by atoms with Gasteiger partial charge in [0.1, 0.15) is 5.82 Å². The van der Waals surface area contributed by atoms with Crippen molar-refractivity contribution < 1.29 is 9.18 Å². The molecule has 2 heterocycles. The fourth-order valence-electron chi connectivity index (χ4n) is 2.45. The third-order valence-electron chi connectivity index (χ3n) is 3.58. The zero-order valence-corrected chi connectivity index (χ0v) is 11.0. The molecule has 20 heavy (non-hydrogen) atoms. The number of carbonyl (C=O) groups excluding carboxylic acids is 1. The minimum absolute atomic E-state index is 0.115. The molecule has 0 radical (unpaired) electrons. The van der Waals surface area contributed by atoms with E-state index in [1.807, 2.05) is 0 Å². The van der Waals surface area contributed by atoms with Crippen molar-refractivity contribution in [3.8, 4) is 0 Å². The Morgan fingerprint density at radius 1 is 1.30 bits per heavy atom. The highest BCUT2D eigenvalue weighted by Gasteiger charge is 2.16. The molecule has 1 amide bonds. The number of halogens is 1. The van der Waals surface area contributed by atoms with Gasteiger partial charge in [-0.2, -0.15) is 0 Å². The Morgan fingerprint density at radius 2 is 2.10 bits per heavy atom. The lowest BCUT2D eigenvalue weighted by molar-refractivity contribution is 0.0929. The normalized spacial score (nSPS) is 16.2. The largest absolute Gasteiger partial charge is 0.349 e. The van der Waals surface area contributed by atoms with Gasteiger partial charge < -0.3 is 10.6 Å². The molecule has 1 saturated heterocycles. The molecule has 0 saturated carbocycles. The number of aromatic nitrogens is 1. The average molecular weight is 273 g/mol. The van der Waals surface area contributed by atoms with Gasteiger partial charge in [0.05, 0.1) is 11.1 Å². The lowest BCUT2D eigenvalue weighted by Gasteiger charge is -2.23. The summed E-state index contributed by atoms with van der Waals surface area (Å²) in [7, 11) is 0. The Kier molecular flexibility index (Phi) is 3.60. The Balaban J connectivity index is 1.78. The second-order valence-electron chi connectivity index (χ2n) is 5.06. The number of nitrogens with zero attached hydrogens (tertiary/aromatic N) is 1. The predicted octanol–water partition coefficient (Wildman–Crippen LogP) is 1.86. The monoisotopic (exact) mass is 273 g/mol. The molecule has 5 heteroatoms. The summed E-state index contributed by atoms with van der Waals surface area (Å²) >= 11 is 0. The Morgan fingerprint density at radius 3 is 2.90 bits per heavy atom. The summed E-state index contributed by atoms with van der Waals surface area (Å²) in [5, 5.41) is 7.04. The molecule has 1 aliphatic heterocycles. The van der Waals surface area contributed by atoms with Crippen molar-refractivity contribution in [3.05, 3.63) is 41.8 Å². The fraction of sp³-hybridized carbons (Fsp3) is 0.333. The van der Waals surface area contributed by atoms with Crippen molar-refractivity contribution >= 4 is 16.8 Å². The third-order valence-corrected chi connectivity index (χ3v) is 3.58. The molecule has 0 spiro atoms. The quantitative estimate of drug-likeness (QED) is 0.878. The number of hydrogen-bond acceptors (Lipinski definition) is 3. The summed E-state index contributed by atoms with van der Waals surface area (Å²) in [6.45, 7) is 1.86. The van der Waals surface area contributed by atoms with Crippen LogP contribution in [0.4, 0.5) is 4.39 Å². The number of nitrogens with one attached hydrogen (secondary N) is 2. The van der Waals surface area contributed by atoms with Gasteiger partial charge in [-0.3, -0.25) is 9.78 Å². The predicted molar refractivity (Wildman–Crippen MR) is 75.1 cm³/mol. The lowest BCUT2D eigenvalue weighted by Crippen LogP contribution is -2.42. The van der Waals surface area contributed by atoms with Gasteiger partial charge in [-0.1, -0.05) is 0 Å². The minimum Gasteiger partial charge on any atom is -0.349 e. The van der Waals surface area contributed by atoms with E-state index in [0.29, 0.717) is 11.1 Å². The Bertz CT molecular complexity index is 638. The molecule has 0 aliphatic carbocycles. The highest BCUT2D eigenvalue weighted by Crippen LogP contribution is 2.15. The molecule has 2 aromatic rings. The summed E-state index contributed by atoms with van der Waals surface area (Å²) in [6, 6.07) is 6.34. The third kappa shape index (κ3) is 2.77. The second-order valence-corrected chi connectivity index (χ2v) is 5.06. The van der Waals surface area contributed by atoms with Crippen molar-refractivity contribution in [2.45, 2.75) is 18.9 Å². The molecule has 0 atom stereocenters. The Hall–Kier alpha value is -2.01. The average Bonchev–Trinajstić information content (AvgIpc) is 2.47. The zero-order chi connectivity index (χ0) is 13.9. The molecular formula is C15H16FN3O. The molecule has 104 valence electrons. The van der Waals surface area contributed by atoms with Gasteiger partial charge in [0.2, 0.25) is 0 Å². The van der Waals surface area contributed by atoms with Crippen LogP contribution in [0.1, 0.15) is 23.2 Å². The first-order valence-corrected chi connectivity index (χ1v) is 6.79. The van der Waals surface area contributed by atoms with Crippen LogP contribution in [-0.2, 0) is 0 Å². The van der Waals surface area contributed by atoms with Gasteiger partial charge >= 0.3 is 0 Å². The van der Waals surface area contributed by atoms with E-state index in [1.54, 1.807) is 12.1 Å². The van der Waals surface area contributed by atoms with Crippen molar-refractivity contribution in [1.29, 1.82) is 0 Å². The number of piperidine rings is 1. The van der Waals surface area contributed by atoms with E-state index >= 15 is 0 Å². The van der Waals surface area contributed by atoms with E-state index < -0.39 is 0 Å². The first-order valence-electron chi connectivity index (χ1n) is 6.79. The van der Waals surface area contributed by atoms with Crippen LogP contribution >= 0.6 is 0 Å². The maximum Gasteiger partial charge on any atom is 0.253 e. The molecule has 0 bridgehead atoms. The van der Waals surface area contributed by atoms with Crippen LogP contribution in [0.25, 0.3) is 10.9 Å². The zero-order valence-electron chi connectivity index (χ0n) is 11.0. The molecular weight excluding hydrogens is 257 g/mol. The number of fused-ring (bicyclic) bond motifs is 1. The molecule has 4 nitrogen and oxygen atoms in total. The van der Waals surface area contributed by atoms with Crippen LogP contribution in [-0.4, -0.2) is 30.0 Å². The number of hydrogen-bond donors (Lipinski definition) is 2. The van der Waals surface area contributed by atoms with Crippen molar-refractivity contribution in [3.63, 3.8) is 0 Å². The number of rotatable bonds is 2. The second kappa shape index (κ2) is 5.54. The summed E-state index contributed by atoms with van der Waals surface area (Å²) in [6.07, 6.45) is 3.38. The van der Waals surface area contributed by atoms with Gasteiger partial charge in [-0.25, -0.2) is 4.39 Å². The molecule has 0 unspecified atom stereocenters. The van der Waals surface area contributed by atoms with Crippen LogP contribution in [0.15, 0.2) is 30.5 Å². The highest BCUT2D eigenvalue weighted by atomic mass is 19.1. The van der Waals surface area contributed by atoms with Crippen LogP contribution in [0.2, 0.25) is 0 Å². The fourth-order valence-corrected chi connectivity index (χ4v) is 2.45. The molecule has 1 aliphatic rings. The first kappa shape index (κ1) is 13.0. The number of carbonyl (C=O) groups is 1. The summed E-state index contributed by atoms with van der Waals surface area (Å²) in [4.78, 5) is 16.3. The van der Waals surface area contributed by atoms with Gasteiger partial charge in [0.25, 0.3) is 5.91 Å². The van der Waals surface area contributed by atoms with Crippen molar-refractivity contribution in [2.24, 2.45) is 0 Å². The Labute approximate surface area is 116 Å². The van der Waals surface area contributed by atoms with E-state index in [9.17, 15) is 9.18 Å². The maximum atomic E-state index is 13.1. The van der Waals surface area contributed by atoms with Crippen molar-refractivity contribution in [2.75, 3.05) is 13.1 Å². The van der Waals surface area contributed by atoms with Crippen LogP contribution in [0, 0.1) is 5.82 Å². The van der Waals surface area contributed by atoms with Gasteiger partial charge in [-0.05, 0) is 44.1 Å². The molecule has 3 rings (SSSR count). The number of benzene rings is 1. The van der Waals surface area contributed by atoms with Crippen LogP contribution in [0.3, 0.4) is 0 Å². The summed E-state index contributed by atoms with van der Waals surface area (Å²) in [5.41, 5.74) is 1.08. The summed E-state index contributed by atoms with van der Waals surface area (Å²) < 4.78 is 13.1. The van der Waals surface area contributed by atoms with E-state index in [4.69, 9.17) is 0 Å². The van der Waals surface area contributed by atoms with Gasteiger partial charge in [0, 0.05) is 23.7 Å². The molecule has 2 N–H and O–H groups in total. The van der Waals surface area contributed by atoms with Gasteiger partial charge in [-0.15, -0.1) is 0 Å². The molecule has 1 aromatic heterocycles. The maximum absolute atomic E-state index is 13.1. The standard InChI is InChI=1S/C15H16FN3O/c16-12-2-1-10-7-11(9-18-14(10)8-12)15(20)19-13-3-5-17-6-4-13/h1-2,7-9,13,17H,3-6H2,(H,19,20). The summed E-state index contributed by atoms with van der Waals surface area (Å²) in [5.74, 6) is -0.437. The SMILES string of the molecule is O=C(NC1CCNCC1)c1cnc2cc(F)ccc2c1. The smallest absolute Gasteiger partial charge is 0.253 e. The van der Waals surface area contributed by atoms with E-state index in [0.717, 1.165) is 31.3 Å². The topological polar surface area (TPSA) is 54.0 Å². The number of amides is 1. The molecule has 1 fully saturated rings. The van der Waals surface area contributed by atoms with Crippen LogP contribution < -0.4 is 10.6 Å². The minimum atomic E-state index is -0.322. The van der Waals surface area contributed by atoms with Gasteiger partial charge in [0.15, 0.2) is 0 Å². The van der Waals surface area contributed by atoms with E-state index in [1.165, 1.54) is 18.3 Å². The number of pyridine rings is 1.